The van der Waals surface area contributed by atoms with Crippen LogP contribution in [-0.2, 0) is 10.0 Å². The van der Waals surface area contributed by atoms with Crippen molar-refractivity contribution in [3.63, 3.8) is 0 Å². The molecule has 0 fully saturated rings. The van der Waals surface area contributed by atoms with Crippen molar-refractivity contribution in [3.05, 3.63) is 30.3 Å². The zero-order valence-corrected chi connectivity index (χ0v) is 12.2. The molecule has 112 valence electrons. The van der Waals surface area contributed by atoms with Crippen molar-refractivity contribution in [2.45, 2.75) is 25.7 Å². The van der Waals surface area contributed by atoms with Gasteiger partial charge in [-0.25, -0.2) is 17.9 Å². The maximum Gasteiger partial charge on any atom is 0.332 e. The van der Waals surface area contributed by atoms with Crippen LogP contribution >= 0.6 is 0 Å². The van der Waals surface area contributed by atoms with Crippen LogP contribution in [-0.4, -0.2) is 26.7 Å². The van der Waals surface area contributed by atoms with E-state index in [0.717, 1.165) is 19.3 Å². The number of benzene rings is 1. The quantitative estimate of drug-likeness (QED) is 0.635. The number of amides is 2. The third-order valence-corrected chi connectivity index (χ3v) is 3.97. The third-order valence-electron chi connectivity index (χ3n) is 2.65. The van der Waals surface area contributed by atoms with Crippen molar-refractivity contribution >= 4 is 21.7 Å². The van der Waals surface area contributed by atoms with Crippen LogP contribution in [0.2, 0.25) is 0 Å². The Morgan fingerprint density at radius 3 is 2.35 bits per heavy atom. The van der Waals surface area contributed by atoms with Crippen molar-refractivity contribution in [2.24, 2.45) is 5.73 Å². The highest BCUT2D eigenvalue weighted by atomic mass is 32.2. The largest absolute Gasteiger partial charge is 0.332 e. The van der Waals surface area contributed by atoms with Gasteiger partial charge in [-0.15, -0.1) is 0 Å². The Kier molecular flexibility index (Phi) is 7.03. The summed E-state index contributed by atoms with van der Waals surface area (Å²) in [6.07, 6.45) is 3.11. The lowest BCUT2D eigenvalue weighted by Crippen LogP contribution is -2.35. The fraction of sp³-hybridized carbons (Fsp3) is 0.462. The normalized spacial score (nSPS) is 11.1. The summed E-state index contributed by atoms with van der Waals surface area (Å²) in [5.41, 5.74) is 5.90. The van der Waals surface area contributed by atoms with E-state index >= 15 is 0 Å². The van der Waals surface area contributed by atoms with Crippen molar-refractivity contribution < 1.29 is 13.2 Å². The summed E-state index contributed by atoms with van der Waals surface area (Å²) in [7, 11) is -3.58. The first-order valence-electron chi connectivity index (χ1n) is 6.60. The second-order valence-corrected chi connectivity index (χ2v) is 6.29. The molecule has 0 unspecified atom stereocenters. The lowest BCUT2D eigenvalue weighted by Gasteiger charge is -2.08. The van der Waals surface area contributed by atoms with Crippen molar-refractivity contribution in [1.82, 2.24) is 4.72 Å². The van der Waals surface area contributed by atoms with Gasteiger partial charge in [0.1, 0.15) is 0 Å². The van der Waals surface area contributed by atoms with Gasteiger partial charge in [-0.2, -0.15) is 0 Å². The van der Waals surface area contributed by atoms with Gasteiger partial charge in [0, 0.05) is 5.69 Å². The van der Waals surface area contributed by atoms with E-state index in [9.17, 15) is 13.2 Å². The average molecular weight is 299 g/mol. The fourth-order valence-corrected chi connectivity index (χ4v) is 2.68. The highest BCUT2D eigenvalue weighted by Gasteiger charge is 2.13. The predicted octanol–water partition coefficient (Wildman–Crippen LogP) is 1.66. The summed E-state index contributed by atoms with van der Waals surface area (Å²) in [4.78, 5) is 11.5. The molecule has 0 radical (unpaired) electrons. The van der Waals surface area contributed by atoms with Crippen LogP contribution in [0.1, 0.15) is 25.7 Å². The number of urea groups is 1. The van der Waals surface area contributed by atoms with Crippen molar-refractivity contribution in [3.8, 4) is 0 Å². The SMILES string of the molecule is NCCCCCCS(=O)(=O)NC(=O)Nc1ccccc1. The Balaban J connectivity index is 2.32. The molecule has 2 amide bonds. The van der Waals surface area contributed by atoms with Gasteiger partial charge in [0.15, 0.2) is 0 Å². The molecular formula is C13H21N3O3S. The second kappa shape index (κ2) is 8.55. The number of nitrogens with two attached hydrogens (primary N) is 1. The molecule has 6 nitrogen and oxygen atoms in total. The molecule has 0 heterocycles. The van der Waals surface area contributed by atoms with Crippen LogP contribution in [0.5, 0.6) is 0 Å². The molecule has 0 aliphatic carbocycles. The van der Waals surface area contributed by atoms with Crippen molar-refractivity contribution in [2.75, 3.05) is 17.6 Å². The van der Waals surface area contributed by atoms with Gasteiger partial charge < -0.3 is 11.1 Å². The zero-order chi connectivity index (χ0) is 14.8. The number of nitrogens with one attached hydrogen (secondary N) is 2. The van der Waals surface area contributed by atoms with Gasteiger partial charge in [0.25, 0.3) is 0 Å². The number of hydrogen-bond donors (Lipinski definition) is 3. The molecule has 7 heteroatoms. The smallest absolute Gasteiger partial charge is 0.330 e. The Morgan fingerprint density at radius 2 is 1.70 bits per heavy atom. The fourth-order valence-electron chi connectivity index (χ4n) is 1.66. The molecule has 20 heavy (non-hydrogen) atoms. The number of para-hydroxylation sites is 1. The number of sulfonamides is 1. The average Bonchev–Trinajstić information content (AvgIpc) is 2.38. The standard InChI is InChI=1S/C13H21N3O3S/c14-10-6-1-2-7-11-20(18,19)16-13(17)15-12-8-4-3-5-9-12/h3-5,8-9H,1-2,6-7,10-11,14H2,(H2,15,16,17). The minimum atomic E-state index is -3.58. The van der Waals surface area contributed by atoms with Crippen LogP contribution in [0.3, 0.4) is 0 Å². The molecule has 0 aromatic heterocycles. The number of unbranched alkanes of at least 4 members (excludes halogenated alkanes) is 3. The van der Waals surface area contributed by atoms with E-state index in [1.165, 1.54) is 0 Å². The summed E-state index contributed by atoms with van der Waals surface area (Å²) < 4.78 is 25.3. The Bertz CT molecular complexity index is 503. The number of hydrogen-bond acceptors (Lipinski definition) is 4. The minimum Gasteiger partial charge on any atom is -0.330 e. The number of rotatable bonds is 8. The number of anilines is 1. The van der Waals surface area contributed by atoms with Gasteiger partial charge in [0.2, 0.25) is 10.0 Å². The van der Waals surface area contributed by atoms with E-state index in [4.69, 9.17) is 5.73 Å². The number of carbonyl (C=O) groups is 1. The topological polar surface area (TPSA) is 101 Å². The Hall–Kier alpha value is -1.60. The van der Waals surface area contributed by atoms with Crippen LogP contribution in [0.4, 0.5) is 10.5 Å². The molecule has 0 saturated carbocycles. The van der Waals surface area contributed by atoms with E-state index in [1.807, 2.05) is 4.72 Å². The molecule has 0 atom stereocenters. The molecular weight excluding hydrogens is 278 g/mol. The second-order valence-electron chi connectivity index (χ2n) is 4.44. The molecule has 0 spiro atoms. The summed E-state index contributed by atoms with van der Waals surface area (Å²) in [6, 6.07) is 7.93. The summed E-state index contributed by atoms with van der Waals surface area (Å²) >= 11 is 0. The van der Waals surface area contributed by atoms with E-state index < -0.39 is 16.1 Å². The highest BCUT2D eigenvalue weighted by Crippen LogP contribution is 2.05. The molecule has 1 aromatic carbocycles. The first kappa shape index (κ1) is 16.5. The monoisotopic (exact) mass is 299 g/mol. The summed E-state index contributed by atoms with van der Waals surface area (Å²) in [6.45, 7) is 0.616. The maximum absolute atomic E-state index is 11.7. The van der Waals surface area contributed by atoms with E-state index in [1.54, 1.807) is 30.3 Å². The number of carbonyl (C=O) groups excluding carboxylic acids is 1. The van der Waals surface area contributed by atoms with E-state index in [2.05, 4.69) is 5.32 Å². The molecule has 1 aromatic rings. The van der Waals surface area contributed by atoms with Crippen LogP contribution in [0.15, 0.2) is 30.3 Å². The minimum absolute atomic E-state index is 0.0558. The molecule has 0 saturated heterocycles. The molecule has 0 aliphatic rings. The van der Waals surface area contributed by atoms with Gasteiger partial charge >= 0.3 is 6.03 Å². The third kappa shape index (κ3) is 7.10. The van der Waals surface area contributed by atoms with Crippen molar-refractivity contribution in [1.29, 1.82) is 0 Å². The van der Waals surface area contributed by atoms with Gasteiger partial charge in [-0.3, -0.25) is 0 Å². The maximum atomic E-state index is 11.7. The molecule has 0 bridgehead atoms. The molecule has 0 aliphatic heterocycles. The zero-order valence-electron chi connectivity index (χ0n) is 11.3. The lowest BCUT2D eigenvalue weighted by molar-refractivity contribution is 0.256. The van der Waals surface area contributed by atoms with Crippen LogP contribution in [0.25, 0.3) is 0 Å². The van der Waals surface area contributed by atoms with Gasteiger partial charge in [-0.1, -0.05) is 31.0 Å². The van der Waals surface area contributed by atoms with Crippen LogP contribution in [0, 0.1) is 0 Å². The van der Waals surface area contributed by atoms with E-state index in [-0.39, 0.29) is 5.75 Å². The molecule has 1 rings (SSSR count). The van der Waals surface area contributed by atoms with Crippen LogP contribution < -0.4 is 15.8 Å². The van der Waals surface area contributed by atoms with E-state index in [0.29, 0.717) is 18.7 Å². The highest BCUT2D eigenvalue weighted by molar-refractivity contribution is 7.90. The molecule has 4 N–H and O–H groups in total. The van der Waals surface area contributed by atoms with Gasteiger partial charge in [-0.05, 0) is 31.5 Å². The first-order valence-corrected chi connectivity index (χ1v) is 8.25. The lowest BCUT2D eigenvalue weighted by atomic mass is 10.2. The Morgan fingerprint density at radius 1 is 1.05 bits per heavy atom. The van der Waals surface area contributed by atoms with Gasteiger partial charge in [0.05, 0.1) is 5.75 Å². The summed E-state index contributed by atoms with van der Waals surface area (Å²) in [5.74, 6) is -0.0558. The Labute approximate surface area is 119 Å². The summed E-state index contributed by atoms with van der Waals surface area (Å²) in [5, 5.41) is 2.46. The first-order chi connectivity index (χ1) is 9.53. The predicted molar refractivity (Wildman–Crippen MR) is 79.9 cm³/mol.